The fourth-order valence-corrected chi connectivity index (χ4v) is 5.54. The zero-order valence-electron chi connectivity index (χ0n) is 20.5. The number of likely N-dealkylation sites (tertiary alicyclic amines) is 1. The molecular formula is C27H38N4O2. The number of benzene rings is 1. The molecule has 0 spiro atoms. The van der Waals surface area contributed by atoms with E-state index in [0.717, 1.165) is 56.8 Å². The predicted octanol–water partition coefficient (Wildman–Crippen LogP) is 4.64. The molecule has 1 fully saturated rings. The number of amides is 1. The van der Waals surface area contributed by atoms with Gasteiger partial charge in [0.1, 0.15) is 0 Å². The second-order valence-electron chi connectivity index (χ2n) is 10.5. The van der Waals surface area contributed by atoms with Crippen LogP contribution in [-0.4, -0.2) is 40.6 Å². The van der Waals surface area contributed by atoms with Gasteiger partial charge in [-0.25, -0.2) is 0 Å². The summed E-state index contributed by atoms with van der Waals surface area (Å²) in [6.07, 6.45) is 6.21. The molecule has 0 saturated carbocycles. The van der Waals surface area contributed by atoms with Crippen LogP contribution in [0.1, 0.15) is 51.5 Å². The van der Waals surface area contributed by atoms with Crippen molar-refractivity contribution in [2.24, 2.45) is 35.3 Å². The van der Waals surface area contributed by atoms with Crippen LogP contribution in [0.4, 0.5) is 0 Å². The summed E-state index contributed by atoms with van der Waals surface area (Å²) < 4.78 is 6.04. The number of carbonyl (C=O) groups is 1. The van der Waals surface area contributed by atoms with E-state index in [1.54, 1.807) is 0 Å². The van der Waals surface area contributed by atoms with Gasteiger partial charge in [0.25, 0.3) is 0 Å². The molecule has 2 N–H and O–H groups in total. The lowest BCUT2D eigenvalue weighted by atomic mass is 9.69. The Kier molecular flexibility index (Phi) is 7.32. The molecule has 6 nitrogen and oxygen atoms in total. The monoisotopic (exact) mass is 450 g/mol. The highest BCUT2D eigenvalue weighted by Gasteiger charge is 2.34. The first-order valence-corrected chi connectivity index (χ1v) is 12.4. The second-order valence-corrected chi connectivity index (χ2v) is 10.5. The maximum atomic E-state index is 11.5. The molecule has 2 aliphatic rings. The number of primary amides is 1. The molecule has 0 radical (unpaired) electrons. The highest BCUT2D eigenvalue weighted by atomic mass is 16.4. The molecule has 1 aromatic heterocycles. The smallest absolute Gasteiger partial charge is 0.247 e. The van der Waals surface area contributed by atoms with E-state index in [9.17, 15) is 4.79 Å². The van der Waals surface area contributed by atoms with Crippen molar-refractivity contribution in [2.45, 2.75) is 53.4 Å². The Labute approximate surface area is 197 Å². The molecule has 178 valence electrons. The molecule has 3 atom stereocenters. The summed E-state index contributed by atoms with van der Waals surface area (Å²) in [5.41, 5.74) is 9.13. The fraction of sp³-hybridized carbons (Fsp3) is 0.593. The van der Waals surface area contributed by atoms with E-state index in [1.807, 2.05) is 12.1 Å². The van der Waals surface area contributed by atoms with Crippen molar-refractivity contribution in [1.82, 2.24) is 15.1 Å². The zero-order valence-corrected chi connectivity index (χ0v) is 20.5. The maximum Gasteiger partial charge on any atom is 0.247 e. The number of hydrogen-bond donors (Lipinski definition) is 1. The Morgan fingerprint density at radius 1 is 1.15 bits per heavy atom. The van der Waals surface area contributed by atoms with Crippen LogP contribution in [0.25, 0.3) is 11.5 Å². The van der Waals surface area contributed by atoms with E-state index in [1.165, 1.54) is 11.1 Å². The summed E-state index contributed by atoms with van der Waals surface area (Å²) in [5.74, 6) is 3.42. The maximum absolute atomic E-state index is 11.5. The van der Waals surface area contributed by atoms with Crippen LogP contribution >= 0.6 is 0 Å². The summed E-state index contributed by atoms with van der Waals surface area (Å²) in [5, 5.41) is 8.65. The summed E-state index contributed by atoms with van der Waals surface area (Å²) >= 11 is 0. The first-order chi connectivity index (χ1) is 15.8. The molecule has 33 heavy (non-hydrogen) atoms. The van der Waals surface area contributed by atoms with Crippen LogP contribution < -0.4 is 5.73 Å². The van der Waals surface area contributed by atoms with E-state index in [0.29, 0.717) is 29.6 Å². The molecule has 1 amide bonds. The number of allylic oxidation sites excluding steroid dienone is 1. The average Bonchev–Trinajstić information content (AvgIpc) is 3.24. The minimum Gasteiger partial charge on any atom is -0.421 e. The minimum atomic E-state index is -0.141. The quantitative estimate of drug-likeness (QED) is 0.621. The van der Waals surface area contributed by atoms with Crippen molar-refractivity contribution in [3.63, 3.8) is 0 Å². The number of hydrogen-bond acceptors (Lipinski definition) is 5. The molecule has 4 rings (SSSR count). The van der Waals surface area contributed by atoms with Gasteiger partial charge in [-0.05, 0) is 82.0 Å². The molecule has 0 bridgehead atoms. The predicted molar refractivity (Wildman–Crippen MR) is 130 cm³/mol. The number of nitrogens with two attached hydrogens (primary N) is 1. The Balaban J connectivity index is 1.41. The van der Waals surface area contributed by atoms with E-state index < -0.39 is 0 Å². The lowest BCUT2D eigenvalue weighted by Crippen LogP contribution is -2.43. The summed E-state index contributed by atoms with van der Waals surface area (Å²) in [4.78, 5) is 14.0. The molecule has 1 aliphatic heterocycles. The van der Waals surface area contributed by atoms with Gasteiger partial charge in [0.05, 0.1) is 0 Å². The zero-order chi connectivity index (χ0) is 23.5. The second kappa shape index (κ2) is 10.2. The largest absolute Gasteiger partial charge is 0.421 e. The fourth-order valence-electron chi connectivity index (χ4n) is 5.54. The number of piperidine rings is 1. The van der Waals surface area contributed by atoms with E-state index >= 15 is 0 Å². The third kappa shape index (κ3) is 5.72. The Hall–Kier alpha value is -2.47. The third-order valence-electron chi connectivity index (χ3n) is 7.73. The van der Waals surface area contributed by atoms with Gasteiger partial charge in [-0.2, -0.15) is 0 Å². The number of aromatic nitrogens is 2. The van der Waals surface area contributed by atoms with Gasteiger partial charge in [-0.15, -0.1) is 10.2 Å². The van der Waals surface area contributed by atoms with Crippen LogP contribution in [0.3, 0.4) is 0 Å². The minimum absolute atomic E-state index is 0.0503. The molecule has 3 unspecified atom stereocenters. The van der Waals surface area contributed by atoms with Crippen LogP contribution in [0.5, 0.6) is 0 Å². The molecule has 2 aromatic rings. The highest BCUT2D eigenvalue weighted by Crippen LogP contribution is 2.39. The van der Waals surface area contributed by atoms with E-state index in [-0.39, 0.29) is 11.8 Å². The Bertz CT molecular complexity index is 970. The first kappa shape index (κ1) is 23.7. The van der Waals surface area contributed by atoms with Crippen molar-refractivity contribution in [2.75, 3.05) is 19.6 Å². The summed E-state index contributed by atoms with van der Waals surface area (Å²) in [6, 6.07) is 8.20. The van der Waals surface area contributed by atoms with Crippen molar-refractivity contribution in [3.8, 4) is 11.5 Å². The van der Waals surface area contributed by atoms with Gasteiger partial charge >= 0.3 is 0 Å². The van der Waals surface area contributed by atoms with Crippen LogP contribution in [0, 0.1) is 36.5 Å². The summed E-state index contributed by atoms with van der Waals surface area (Å²) in [6.45, 7) is 12.0. The Morgan fingerprint density at radius 3 is 2.48 bits per heavy atom. The molecule has 1 aromatic carbocycles. The normalized spacial score (nSPS) is 24.8. The van der Waals surface area contributed by atoms with E-state index in [4.69, 9.17) is 10.2 Å². The van der Waals surface area contributed by atoms with Crippen molar-refractivity contribution in [1.29, 1.82) is 0 Å². The van der Waals surface area contributed by atoms with Gasteiger partial charge in [-0.1, -0.05) is 43.2 Å². The molecule has 2 heterocycles. The average molecular weight is 451 g/mol. The van der Waals surface area contributed by atoms with Gasteiger partial charge in [-0.3, -0.25) is 4.79 Å². The molecular weight excluding hydrogens is 412 g/mol. The standard InChI is InChI=1S/C27H38N4O2/c1-17(2)24-14-22(15-25-29-30-27(33-25)21-7-5-18(3)6-8-21)19(4)13-23(24)16-31-11-9-20(10-12-31)26(28)32/h5-8,13,17,20,22-24H,9-12,14-16H2,1-4H3,(H2,28,32). The third-order valence-corrected chi connectivity index (χ3v) is 7.73. The van der Waals surface area contributed by atoms with Crippen molar-refractivity contribution in [3.05, 3.63) is 47.4 Å². The summed E-state index contributed by atoms with van der Waals surface area (Å²) in [7, 11) is 0. The lowest BCUT2D eigenvalue weighted by Gasteiger charge is -2.40. The molecule has 6 heteroatoms. The van der Waals surface area contributed by atoms with E-state index in [2.05, 4.69) is 61.0 Å². The number of rotatable bonds is 7. The first-order valence-electron chi connectivity index (χ1n) is 12.4. The van der Waals surface area contributed by atoms with Gasteiger partial charge in [0.2, 0.25) is 17.7 Å². The lowest BCUT2D eigenvalue weighted by molar-refractivity contribution is -0.123. The molecule has 1 saturated heterocycles. The van der Waals surface area contributed by atoms with Crippen LogP contribution in [-0.2, 0) is 11.2 Å². The number of aryl methyl sites for hydroxylation is 1. The van der Waals surface area contributed by atoms with Gasteiger partial charge in [0, 0.05) is 24.4 Å². The topological polar surface area (TPSA) is 85.2 Å². The van der Waals surface area contributed by atoms with Crippen molar-refractivity contribution < 1.29 is 9.21 Å². The molecule has 1 aliphatic carbocycles. The number of carbonyl (C=O) groups excluding carboxylic acids is 1. The Morgan fingerprint density at radius 2 is 1.85 bits per heavy atom. The van der Waals surface area contributed by atoms with Gasteiger partial charge < -0.3 is 15.1 Å². The SMILES string of the molecule is CC1=CC(CN2CCC(C(N)=O)CC2)C(C(C)C)CC1Cc1nnc(-c2ccc(C)cc2)o1. The highest BCUT2D eigenvalue weighted by molar-refractivity contribution is 5.76. The van der Waals surface area contributed by atoms with Crippen LogP contribution in [0.2, 0.25) is 0 Å². The van der Waals surface area contributed by atoms with Crippen LogP contribution in [0.15, 0.2) is 40.3 Å². The van der Waals surface area contributed by atoms with Crippen molar-refractivity contribution >= 4 is 5.91 Å². The number of nitrogens with zero attached hydrogens (tertiary/aromatic N) is 3. The van der Waals surface area contributed by atoms with Gasteiger partial charge in [0.15, 0.2) is 0 Å².